The van der Waals surface area contributed by atoms with Crippen LogP contribution in [-0.4, -0.2) is 35.3 Å². The van der Waals surface area contributed by atoms with E-state index in [0.29, 0.717) is 25.9 Å². The van der Waals surface area contributed by atoms with Gasteiger partial charge in [0.2, 0.25) is 5.91 Å². The fraction of sp³-hybridized carbons (Fsp3) is 0.556. The van der Waals surface area contributed by atoms with Crippen molar-refractivity contribution >= 4 is 35.0 Å². The van der Waals surface area contributed by atoms with Gasteiger partial charge in [-0.2, -0.15) is 0 Å². The topological polar surface area (TPSA) is 49.4 Å². The van der Waals surface area contributed by atoms with Crippen LogP contribution in [0, 0.1) is 5.82 Å². The zero-order valence-electron chi connectivity index (χ0n) is 14.5. The van der Waals surface area contributed by atoms with Gasteiger partial charge in [0.05, 0.1) is 15.6 Å². The molecule has 1 saturated carbocycles. The molecule has 4 nitrogen and oxygen atoms in total. The van der Waals surface area contributed by atoms with Crippen LogP contribution in [-0.2, 0) is 4.79 Å². The molecule has 1 fully saturated rings. The quantitative estimate of drug-likeness (QED) is 0.758. The summed E-state index contributed by atoms with van der Waals surface area (Å²) in [6, 6.07) is 2.21. The lowest BCUT2D eigenvalue weighted by molar-refractivity contribution is -0.139. The van der Waals surface area contributed by atoms with Gasteiger partial charge in [-0.25, -0.2) is 4.39 Å². The molecule has 0 atom stereocenters. The van der Waals surface area contributed by atoms with E-state index in [9.17, 15) is 14.0 Å². The van der Waals surface area contributed by atoms with Gasteiger partial charge in [0.1, 0.15) is 11.4 Å². The number of hydrogen-bond donors (Lipinski definition) is 1. The summed E-state index contributed by atoms with van der Waals surface area (Å²) in [5.41, 5.74) is -0.971. The molecule has 0 spiro atoms. The highest BCUT2D eigenvalue weighted by Crippen LogP contribution is 2.32. The molecule has 1 aromatic rings. The summed E-state index contributed by atoms with van der Waals surface area (Å²) < 4.78 is 13.7. The first-order valence-corrected chi connectivity index (χ1v) is 9.36. The summed E-state index contributed by atoms with van der Waals surface area (Å²) in [6.45, 7) is 4.96. The Hall–Kier alpha value is -1.33. The van der Waals surface area contributed by atoms with Gasteiger partial charge in [0, 0.05) is 13.1 Å². The highest BCUT2D eigenvalue weighted by Gasteiger charge is 2.43. The number of carbonyl (C=O) groups is 2. The van der Waals surface area contributed by atoms with Crippen LogP contribution in [0.3, 0.4) is 0 Å². The molecule has 138 valence electrons. The molecule has 1 aliphatic carbocycles. The van der Waals surface area contributed by atoms with Gasteiger partial charge in [-0.05, 0) is 38.8 Å². The van der Waals surface area contributed by atoms with Crippen molar-refractivity contribution in [3.63, 3.8) is 0 Å². The van der Waals surface area contributed by atoms with Crippen LogP contribution in [0.5, 0.6) is 0 Å². The normalized spacial score (nSPS) is 16.4. The molecule has 0 aliphatic heterocycles. The second-order valence-corrected chi connectivity index (χ2v) is 7.13. The first-order chi connectivity index (χ1) is 11.8. The molecule has 2 amide bonds. The standard InChI is InChI=1S/C18H23Cl2FN2O2/c1-3-23(4-2)17(25)18(8-6-5-7-9-18)22-16(24)12-10-15(21)14(20)11-13(12)19/h10-11H,3-9H2,1-2H3,(H,22,24). The highest BCUT2D eigenvalue weighted by atomic mass is 35.5. The van der Waals surface area contributed by atoms with Crippen LogP contribution < -0.4 is 5.32 Å². The Balaban J connectivity index is 2.32. The molecular weight excluding hydrogens is 366 g/mol. The van der Waals surface area contributed by atoms with E-state index in [1.807, 2.05) is 13.8 Å². The maximum Gasteiger partial charge on any atom is 0.253 e. The van der Waals surface area contributed by atoms with Crippen LogP contribution in [0.4, 0.5) is 4.39 Å². The lowest BCUT2D eigenvalue weighted by Crippen LogP contribution is -2.60. The molecule has 0 bridgehead atoms. The van der Waals surface area contributed by atoms with Gasteiger partial charge in [-0.15, -0.1) is 0 Å². The molecule has 7 heteroatoms. The smallest absolute Gasteiger partial charge is 0.253 e. The second-order valence-electron chi connectivity index (χ2n) is 6.32. The van der Waals surface area contributed by atoms with Crippen molar-refractivity contribution in [2.75, 3.05) is 13.1 Å². The van der Waals surface area contributed by atoms with Crippen molar-refractivity contribution in [2.24, 2.45) is 0 Å². The largest absolute Gasteiger partial charge is 0.341 e. The first kappa shape index (κ1) is 20.0. The molecule has 2 rings (SSSR count). The Morgan fingerprint density at radius 2 is 1.72 bits per heavy atom. The fourth-order valence-corrected chi connectivity index (χ4v) is 3.81. The molecule has 0 radical (unpaired) electrons. The van der Waals surface area contributed by atoms with Crippen LogP contribution in [0.1, 0.15) is 56.3 Å². The molecule has 0 unspecified atom stereocenters. The molecule has 25 heavy (non-hydrogen) atoms. The average Bonchev–Trinajstić information content (AvgIpc) is 2.59. The molecule has 0 aromatic heterocycles. The Labute approximate surface area is 157 Å². The summed E-state index contributed by atoms with van der Waals surface area (Å²) in [6.07, 6.45) is 3.88. The van der Waals surface area contributed by atoms with E-state index in [0.717, 1.165) is 25.3 Å². The maximum atomic E-state index is 13.7. The fourth-order valence-electron chi connectivity index (χ4n) is 3.34. The zero-order valence-corrected chi connectivity index (χ0v) is 16.0. The summed E-state index contributed by atoms with van der Waals surface area (Å²) in [5, 5.41) is 2.78. The Morgan fingerprint density at radius 1 is 1.12 bits per heavy atom. The third kappa shape index (κ3) is 4.26. The number of halogens is 3. The minimum atomic E-state index is -0.958. The Kier molecular flexibility index (Phi) is 6.69. The van der Waals surface area contributed by atoms with Crippen LogP contribution in [0.25, 0.3) is 0 Å². The number of amides is 2. The second kappa shape index (κ2) is 8.37. The van der Waals surface area contributed by atoms with Crippen molar-refractivity contribution in [3.05, 3.63) is 33.6 Å². The average molecular weight is 389 g/mol. The van der Waals surface area contributed by atoms with Crippen LogP contribution >= 0.6 is 23.2 Å². The van der Waals surface area contributed by atoms with Crippen molar-refractivity contribution in [2.45, 2.75) is 51.5 Å². The van der Waals surface area contributed by atoms with E-state index in [4.69, 9.17) is 23.2 Å². The number of hydrogen-bond acceptors (Lipinski definition) is 2. The number of likely N-dealkylation sites (N-methyl/N-ethyl adjacent to an activating group) is 1. The molecular formula is C18H23Cl2FN2O2. The van der Waals surface area contributed by atoms with Crippen molar-refractivity contribution < 1.29 is 14.0 Å². The van der Waals surface area contributed by atoms with Gasteiger partial charge in [-0.1, -0.05) is 42.5 Å². The van der Waals surface area contributed by atoms with Gasteiger partial charge in [0.15, 0.2) is 0 Å². The SMILES string of the molecule is CCN(CC)C(=O)C1(NC(=O)c2cc(F)c(Cl)cc2Cl)CCCCC1. The van der Waals surface area contributed by atoms with Crippen molar-refractivity contribution in [1.29, 1.82) is 0 Å². The van der Waals surface area contributed by atoms with Gasteiger partial charge in [-0.3, -0.25) is 9.59 Å². The van der Waals surface area contributed by atoms with Crippen LogP contribution in [0.2, 0.25) is 10.0 Å². The van der Waals surface area contributed by atoms with Gasteiger partial charge < -0.3 is 10.2 Å². The van der Waals surface area contributed by atoms with Gasteiger partial charge >= 0.3 is 0 Å². The van der Waals surface area contributed by atoms with E-state index in [1.54, 1.807) is 4.90 Å². The number of carbonyl (C=O) groups excluding carboxylic acids is 2. The van der Waals surface area contributed by atoms with Gasteiger partial charge in [0.25, 0.3) is 5.91 Å². The van der Waals surface area contributed by atoms with Crippen molar-refractivity contribution in [1.82, 2.24) is 10.2 Å². The van der Waals surface area contributed by atoms with E-state index >= 15 is 0 Å². The van der Waals surface area contributed by atoms with Crippen LogP contribution in [0.15, 0.2) is 12.1 Å². The predicted molar refractivity (Wildman–Crippen MR) is 97.6 cm³/mol. The predicted octanol–water partition coefficient (Wildman–Crippen LogP) is 4.43. The number of rotatable bonds is 5. The number of benzene rings is 1. The Bertz CT molecular complexity index is 657. The lowest BCUT2D eigenvalue weighted by Gasteiger charge is -2.40. The lowest BCUT2D eigenvalue weighted by atomic mass is 9.80. The summed E-state index contributed by atoms with van der Waals surface area (Å²) in [7, 11) is 0. The summed E-state index contributed by atoms with van der Waals surface area (Å²) in [4.78, 5) is 27.5. The monoisotopic (exact) mass is 388 g/mol. The molecule has 0 saturated heterocycles. The first-order valence-electron chi connectivity index (χ1n) is 8.61. The number of nitrogens with one attached hydrogen (secondary N) is 1. The van der Waals surface area contributed by atoms with E-state index < -0.39 is 17.3 Å². The van der Waals surface area contributed by atoms with E-state index in [1.165, 1.54) is 6.07 Å². The van der Waals surface area contributed by atoms with Crippen molar-refractivity contribution in [3.8, 4) is 0 Å². The molecule has 1 aliphatic rings. The Morgan fingerprint density at radius 3 is 2.28 bits per heavy atom. The third-order valence-corrected chi connectivity index (χ3v) is 5.38. The van der Waals surface area contributed by atoms with E-state index in [-0.39, 0.29) is 21.5 Å². The minimum Gasteiger partial charge on any atom is -0.341 e. The third-order valence-electron chi connectivity index (χ3n) is 4.77. The summed E-state index contributed by atoms with van der Waals surface area (Å²) >= 11 is 11.7. The summed E-state index contributed by atoms with van der Waals surface area (Å²) in [5.74, 6) is -1.36. The number of nitrogens with zero attached hydrogens (tertiary/aromatic N) is 1. The molecule has 1 aromatic carbocycles. The molecule has 0 heterocycles. The minimum absolute atomic E-state index is 0.0131. The molecule has 1 N–H and O–H groups in total. The maximum absolute atomic E-state index is 13.7. The zero-order chi connectivity index (χ0) is 18.6. The van der Waals surface area contributed by atoms with E-state index in [2.05, 4.69) is 5.32 Å². The highest BCUT2D eigenvalue weighted by molar-refractivity contribution is 6.36.